The van der Waals surface area contributed by atoms with E-state index in [2.05, 4.69) is 0 Å². The number of hydrogen-bond donors (Lipinski definition) is 0. The summed E-state index contributed by atoms with van der Waals surface area (Å²) in [5, 5.41) is 8.97. The van der Waals surface area contributed by atoms with Crippen molar-refractivity contribution in [2.24, 2.45) is 0 Å². The van der Waals surface area contributed by atoms with Crippen LogP contribution in [0.15, 0.2) is 42.5 Å². The lowest BCUT2D eigenvalue weighted by Crippen LogP contribution is -2.11. The number of benzene rings is 2. The maximum Gasteiger partial charge on any atom is 0.200 e. The molecule has 0 aliphatic carbocycles. The zero-order valence-electron chi connectivity index (χ0n) is 10.3. The van der Waals surface area contributed by atoms with Crippen molar-refractivity contribution in [2.45, 2.75) is 0 Å². The van der Waals surface area contributed by atoms with Gasteiger partial charge in [-0.25, -0.2) is 4.39 Å². The Labute approximate surface area is 120 Å². The molecule has 0 saturated heterocycles. The first-order chi connectivity index (χ1) is 9.60. The molecule has 3 nitrogen and oxygen atoms in total. The lowest BCUT2D eigenvalue weighted by molar-refractivity contribution is 0.0921. The van der Waals surface area contributed by atoms with E-state index in [1.807, 2.05) is 6.07 Å². The summed E-state index contributed by atoms with van der Waals surface area (Å²) in [6.07, 6.45) is 0. The second-order valence-corrected chi connectivity index (χ2v) is 4.38. The van der Waals surface area contributed by atoms with Crippen LogP contribution in [0.3, 0.4) is 0 Å². The predicted molar refractivity (Wildman–Crippen MR) is 72.4 cm³/mol. The third kappa shape index (κ3) is 3.34. The average Bonchev–Trinajstić information content (AvgIpc) is 2.46. The molecule has 0 fully saturated rings. The van der Waals surface area contributed by atoms with Gasteiger partial charge in [-0.1, -0.05) is 11.6 Å². The molecule has 2 aromatic carbocycles. The van der Waals surface area contributed by atoms with Crippen LogP contribution in [0.1, 0.15) is 15.9 Å². The van der Waals surface area contributed by atoms with Crippen LogP contribution < -0.4 is 4.74 Å². The van der Waals surface area contributed by atoms with Crippen molar-refractivity contribution >= 4 is 17.4 Å². The van der Waals surface area contributed by atoms with E-state index in [9.17, 15) is 9.18 Å². The first-order valence-corrected chi connectivity index (χ1v) is 6.09. The van der Waals surface area contributed by atoms with E-state index in [1.54, 1.807) is 6.07 Å². The predicted octanol–water partition coefficient (Wildman–Crippen LogP) is 3.61. The Morgan fingerprint density at radius 1 is 1.25 bits per heavy atom. The standard InChI is InChI=1S/C15H9ClFNO2/c16-13-7-10(8-18)1-6-15(13)20-9-14(19)11-2-4-12(17)5-3-11/h1-7H,9H2. The van der Waals surface area contributed by atoms with Crippen LogP contribution in [0.25, 0.3) is 0 Å². The Bertz CT molecular complexity index is 677. The number of nitriles is 1. The maximum absolute atomic E-state index is 12.7. The van der Waals surface area contributed by atoms with Gasteiger partial charge in [0.15, 0.2) is 12.4 Å². The normalized spacial score (nSPS) is 9.85. The highest BCUT2D eigenvalue weighted by molar-refractivity contribution is 6.32. The minimum atomic E-state index is -0.405. The third-order valence-corrected chi connectivity index (χ3v) is 2.88. The van der Waals surface area contributed by atoms with E-state index in [0.29, 0.717) is 16.9 Å². The summed E-state index contributed by atoms with van der Waals surface area (Å²) in [5.41, 5.74) is 0.767. The molecule has 0 saturated carbocycles. The second-order valence-electron chi connectivity index (χ2n) is 3.98. The SMILES string of the molecule is N#Cc1ccc(OCC(=O)c2ccc(F)cc2)c(Cl)c1. The average molecular weight is 290 g/mol. The van der Waals surface area contributed by atoms with Crippen LogP contribution in [-0.2, 0) is 0 Å². The van der Waals surface area contributed by atoms with Crippen molar-refractivity contribution < 1.29 is 13.9 Å². The Balaban J connectivity index is 2.04. The first-order valence-electron chi connectivity index (χ1n) is 5.71. The molecule has 0 N–H and O–H groups in total. The van der Waals surface area contributed by atoms with Crippen molar-refractivity contribution in [1.82, 2.24) is 0 Å². The number of carbonyl (C=O) groups is 1. The minimum absolute atomic E-state index is 0.211. The van der Waals surface area contributed by atoms with E-state index in [1.165, 1.54) is 36.4 Å². The third-order valence-electron chi connectivity index (χ3n) is 2.59. The van der Waals surface area contributed by atoms with Gasteiger partial charge in [0.05, 0.1) is 16.7 Å². The number of ketones is 1. The van der Waals surface area contributed by atoms with Crippen molar-refractivity contribution in [3.05, 3.63) is 64.4 Å². The van der Waals surface area contributed by atoms with Crippen LogP contribution in [0.5, 0.6) is 5.75 Å². The van der Waals surface area contributed by atoms with Gasteiger partial charge in [-0.05, 0) is 42.5 Å². The molecule has 0 aliphatic rings. The number of halogens is 2. The molecule has 20 heavy (non-hydrogen) atoms. The van der Waals surface area contributed by atoms with Gasteiger partial charge in [-0.15, -0.1) is 0 Å². The first kappa shape index (κ1) is 14.0. The Kier molecular flexibility index (Phi) is 4.34. The molecule has 0 aliphatic heterocycles. The van der Waals surface area contributed by atoms with Gasteiger partial charge >= 0.3 is 0 Å². The number of Topliss-reactive ketones (excluding diaryl/α,β-unsaturated/α-hetero) is 1. The van der Waals surface area contributed by atoms with E-state index in [4.69, 9.17) is 21.6 Å². The van der Waals surface area contributed by atoms with E-state index < -0.39 is 5.82 Å². The van der Waals surface area contributed by atoms with Gasteiger partial charge in [0.25, 0.3) is 0 Å². The Morgan fingerprint density at radius 2 is 1.95 bits per heavy atom. The summed E-state index contributed by atoms with van der Waals surface area (Å²) >= 11 is 5.92. The van der Waals surface area contributed by atoms with Crippen LogP contribution in [0.4, 0.5) is 4.39 Å². The summed E-state index contributed by atoms with van der Waals surface area (Å²) in [6.45, 7) is -0.211. The van der Waals surface area contributed by atoms with Gasteiger partial charge in [0, 0.05) is 5.56 Å². The van der Waals surface area contributed by atoms with E-state index in [-0.39, 0.29) is 17.4 Å². The smallest absolute Gasteiger partial charge is 0.200 e. The van der Waals surface area contributed by atoms with Crippen molar-refractivity contribution in [2.75, 3.05) is 6.61 Å². The summed E-state index contributed by atoms with van der Waals surface area (Å²) in [5.74, 6) is -0.371. The number of nitrogens with zero attached hydrogens (tertiary/aromatic N) is 1. The van der Waals surface area contributed by atoms with Crippen LogP contribution in [0.2, 0.25) is 5.02 Å². The molecule has 0 heterocycles. The van der Waals surface area contributed by atoms with Crippen molar-refractivity contribution in [3.63, 3.8) is 0 Å². The summed E-state index contributed by atoms with van der Waals surface area (Å²) < 4.78 is 18.0. The Hall–Kier alpha value is -2.38. The fourth-order valence-electron chi connectivity index (χ4n) is 1.55. The molecule has 2 rings (SSSR count). The molecule has 0 atom stereocenters. The molecule has 0 amide bonds. The minimum Gasteiger partial charge on any atom is -0.484 e. The van der Waals surface area contributed by atoms with Gasteiger partial charge in [-0.2, -0.15) is 5.26 Å². The second kappa shape index (κ2) is 6.18. The molecule has 5 heteroatoms. The number of carbonyl (C=O) groups excluding carboxylic acids is 1. The number of ether oxygens (including phenoxy) is 1. The van der Waals surface area contributed by atoms with Crippen LogP contribution >= 0.6 is 11.6 Å². The maximum atomic E-state index is 12.7. The van der Waals surface area contributed by atoms with Gasteiger partial charge < -0.3 is 4.74 Å². The highest BCUT2D eigenvalue weighted by atomic mass is 35.5. The summed E-state index contributed by atoms with van der Waals surface area (Å²) in [7, 11) is 0. The number of rotatable bonds is 4. The Morgan fingerprint density at radius 3 is 2.55 bits per heavy atom. The van der Waals surface area contributed by atoms with Gasteiger partial charge in [0.1, 0.15) is 11.6 Å². The lowest BCUT2D eigenvalue weighted by atomic mass is 10.1. The van der Waals surface area contributed by atoms with Crippen LogP contribution in [0, 0.1) is 17.1 Å². The lowest BCUT2D eigenvalue weighted by Gasteiger charge is -2.07. The highest BCUT2D eigenvalue weighted by Crippen LogP contribution is 2.25. The quantitative estimate of drug-likeness (QED) is 0.808. The molecule has 0 unspecified atom stereocenters. The molecular formula is C15H9ClFNO2. The van der Waals surface area contributed by atoms with Crippen molar-refractivity contribution in [1.29, 1.82) is 5.26 Å². The summed E-state index contributed by atoms with van der Waals surface area (Å²) in [6, 6.07) is 11.7. The zero-order chi connectivity index (χ0) is 14.5. The topological polar surface area (TPSA) is 50.1 Å². The monoisotopic (exact) mass is 289 g/mol. The highest BCUT2D eigenvalue weighted by Gasteiger charge is 2.09. The van der Waals surface area contributed by atoms with E-state index in [0.717, 1.165) is 0 Å². The zero-order valence-corrected chi connectivity index (χ0v) is 11.0. The largest absolute Gasteiger partial charge is 0.484 e. The molecule has 2 aromatic rings. The van der Waals surface area contributed by atoms with Gasteiger partial charge in [0.2, 0.25) is 0 Å². The molecule has 0 radical (unpaired) electrons. The fraction of sp³-hybridized carbons (Fsp3) is 0.0667. The van der Waals surface area contributed by atoms with Crippen molar-refractivity contribution in [3.8, 4) is 11.8 Å². The fourth-order valence-corrected chi connectivity index (χ4v) is 1.78. The summed E-state index contributed by atoms with van der Waals surface area (Å²) in [4.78, 5) is 11.8. The molecule has 100 valence electrons. The van der Waals surface area contributed by atoms with Crippen LogP contribution in [-0.4, -0.2) is 12.4 Å². The molecule has 0 aromatic heterocycles. The molecule has 0 bridgehead atoms. The van der Waals surface area contributed by atoms with Gasteiger partial charge in [-0.3, -0.25) is 4.79 Å². The molecule has 0 spiro atoms. The molecular weight excluding hydrogens is 281 g/mol. The number of hydrogen-bond acceptors (Lipinski definition) is 3. The van der Waals surface area contributed by atoms with E-state index >= 15 is 0 Å².